The van der Waals surface area contributed by atoms with Crippen molar-refractivity contribution in [2.75, 3.05) is 5.75 Å². The van der Waals surface area contributed by atoms with E-state index in [9.17, 15) is 0 Å². The SMILES string of the molecule is C=C(C)CSc1nnc(Cc2ccccc2)n1-c1ccccc1. The van der Waals surface area contributed by atoms with Crippen LogP contribution in [-0.4, -0.2) is 20.5 Å². The average Bonchev–Trinajstić information content (AvgIpc) is 2.97. The monoisotopic (exact) mass is 321 g/mol. The molecule has 0 saturated carbocycles. The Kier molecular flexibility index (Phi) is 4.93. The summed E-state index contributed by atoms with van der Waals surface area (Å²) in [7, 11) is 0. The number of nitrogens with zero attached hydrogens (tertiary/aromatic N) is 3. The van der Waals surface area contributed by atoms with Crippen LogP contribution in [0.1, 0.15) is 18.3 Å². The van der Waals surface area contributed by atoms with E-state index >= 15 is 0 Å². The third kappa shape index (κ3) is 3.90. The van der Waals surface area contributed by atoms with Crippen LogP contribution in [0, 0.1) is 0 Å². The summed E-state index contributed by atoms with van der Waals surface area (Å²) in [5.74, 6) is 1.79. The van der Waals surface area contributed by atoms with Crippen LogP contribution in [0.25, 0.3) is 5.69 Å². The van der Waals surface area contributed by atoms with E-state index in [1.54, 1.807) is 11.8 Å². The Balaban J connectivity index is 1.97. The molecule has 2 aromatic carbocycles. The largest absolute Gasteiger partial charge is 0.274 e. The number of aromatic nitrogens is 3. The molecule has 1 aromatic heterocycles. The van der Waals surface area contributed by atoms with Crippen molar-refractivity contribution >= 4 is 11.8 Å². The highest BCUT2D eigenvalue weighted by Crippen LogP contribution is 2.24. The first kappa shape index (κ1) is 15.6. The number of rotatable bonds is 6. The molecule has 0 aliphatic rings. The molecule has 0 fully saturated rings. The maximum atomic E-state index is 4.43. The molecular formula is C19H19N3S. The lowest BCUT2D eigenvalue weighted by atomic mass is 10.1. The molecule has 0 N–H and O–H groups in total. The quantitative estimate of drug-likeness (QED) is 0.494. The normalized spacial score (nSPS) is 10.7. The first-order valence-electron chi connectivity index (χ1n) is 7.55. The minimum Gasteiger partial charge on any atom is -0.274 e. The van der Waals surface area contributed by atoms with E-state index in [4.69, 9.17) is 0 Å². The Bertz CT molecular complexity index is 779. The van der Waals surface area contributed by atoms with Crippen molar-refractivity contribution in [3.63, 3.8) is 0 Å². The van der Waals surface area contributed by atoms with E-state index in [-0.39, 0.29) is 0 Å². The van der Waals surface area contributed by atoms with Crippen LogP contribution in [0.5, 0.6) is 0 Å². The predicted octanol–water partition coefficient (Wildman–Crippen LogP) is 4.53. The highest BCUT2D eigenvalue weighted by atomic mass is 32.2. The van der Waals surface area contributed by atoms with E-state index in [1.807, 2.05) is 31.2 Å². The van der Waals surface area contributed by atoms with E-state index in [2.05, 4.69) is 57.7 Å². The van der Waals surface area contributed by atoms with Gasteiger partial charge in [0.05, 0.1) is 0 Å². The van der Waals surface area contributed by atoms with Crippen LogP contribution >= 0.6 is 11.8 Å². The van der Waals surface area contributed by atoms with Crippen LogP contribution in [-0.2, 0) is 6.42 Å². The van der Waals surface area contributed by atoms with Gasteiger partial charge in [0.2, 0.25) is 0 Å². The molecule has 3 nitrogen and oxygen atoms in total. The Labute approximate surface area is 141 Å². The molecule has 0 atom stereocenters. The standard InChI is InChI=1S/C19H19N3S/c1-15(2)14-23-19-21-20-18(13-16-9-5-3-6-10-16)22(19)17-11-7-4-8-12-17/h3-12H,1,13-14H2,2H3. The van der Waals surface area contributed by atoms with Gasteiger partial charge in [-0.05, 0) is 24.6 Å². The van der Waals surface area contributed by atoms with Crippen molar-refractivity contribution in [2.45, 2.75) is 18.5 Å². The van der Waals surface area contributed by atoms with Gasteiger partial charge in [0, 0.05) is 17.9 Å². The molecule has 3 rings (SSSR count). The molecule has 23 heavy (non-hydrogen) atoms. The van der Waals surface area contributed by atoms with E-state index in [0.717, 1.165) is 34.4 Å². The second-order valence-electron chi connectivity index (χ2n) is 5.48. The maximum Gasteiger partial charge on any atom is 0.196 e. The third-order valence-corrected chi connectivity index (χ3v) is 4.53. The molecule has 4 heteroatoms. The van der Waals surface area contributed by atoms with Gasteiger partial charge in [-0.2, -0.15) is 0 Å². The van der Waals surface area contributed by atoms with E-state index < -0.39 is 0 Å². The van der Waals surface area contributed by atoms with Crippen molar-refractivity contribution in [3.8, 4) is 5.69 Å². The van der Waals surface area contributed by atoms with Gasteiger partial charge in [-0.1, -0.05) is 72.4 Å². The molecule has 0 radical (unpaired) electrons. The zero-order valence-corrected chi connectivity index (χ0v) is 14.0. The topological polar surface area (TPSA) is 30.7 Å². The molecule has 0 unspecified atom stereocenters. The number of hydrogen-bond acceptors (Lipinski definition) is 3. The molecule has 0 amide bonds. The Morgan fingerprint density at radius 2 is 1.65 bits per heavy atom. The van der Waals surface area contributed by atoms with Crippen LogP contribution < -0.4 is 0 Å². The molecule has 0 aliphatic carbocycles. The van der Waals surface area contributed by atoms with Crippen LogP contribution in [0.15, 0.2) is 78.0 Å². The highest BCUT2D eigenvalue weighted by Gasteiger charge is 2.14. The summed E-state index contributed by atoms with van der Waals surface area (Å²) >= 11 is 1.67. The summed E-state index contributed by atoms with van der Waals surface area (Å²) in [4.78, 5) is 0. The summed E-state index contributed by atoms with van der Waals surface area (Å²) in [5.41, 5.74) is 3.45. The molecule has 0 aliphatic heterocycles. The van der Waals surface area contributed by atoms with Crippen LogP contribution in [0.2, 0.25) is 0 Å². The van der Waals surface area contributed by atoms with Crippen LogP contribution in [0.3, 0.4) is 0 Å². The number of hydrogen-bond donors (Lipinski definition) is 0. The molecule has 116 valence electrons. The lowest BCUT2D eigenvalue weighted by Crippen LogP contribution is -2.04. The molecule has 0 saturated heterocycles. The Morgan fingerprint density at radius 3 is 2.30 bits per heavy atom. The third-order valence-electron chi connectivity index (χ3n) is 3.37. The Hall–Kier alpha value is -2.33. The van der Waals surface area contributed by atoms with E-state index in [0.29, 0.717) is 0 Å². The summed E-state index contributed by atoms with van der Waals surface area (Å²) in [6, 6.07) is 20.6. The fourth-order valence-electron chi connectivity index (χ4n) is 2.31. The van der Waals surface area contributed by atoms with Gasteiger partial charge in [0.1, 0.15) is 5.82 Å². The predicted molar refractivity (Wildman–Crippen MR) is 96.1 cm³/mol. The lowest BCUT2D eigenvalue weighted by Gasteiger charge is -2.10. The molecule has 0 spiro atoms. The molecular weight excluding hydrogens is 302 g/mol. The van der Waals surface area contributed by atoms with Gasteiger partial charge in [-0.15, -0.1) is 10.2 Å². The van der Waals surface area contributed by atoms with Gasteiger partial charge < -0.3 is 0 Å². The lowest BCUT2D eigenvalue weighted by molar-refractivity contribution is 0.848. The highest BCUT2D eigenvalue weighted by molar-refractivity contribution is 7.99. The zero-order chi connectivity index (χ0) is 16.1. The fraction of sp³-hybridized carbons (Fsp3) is 0.158. The minimum atomic E-state index is 0.760. The summed E-state index contributed by atoms with van der Waals surface area (Å²) in [6.07, 6.45) is 0.760. The molecule has 0 bridgehead atoms. The molecule has 3 aromatic rings. The number of para-hydroxylation sites is 1. The average molecular weight is 321 g/mol. The van der Waals surface area contributed by atoms with Crippen molar-refractivity contribution in [1.29, 1.82) is 0 Å². The minimum absolute atomic E-state index is 0.760. The first-order chi connectivity index (χ1) is 11.2. The van der Waals surface area contributed by atoms with E-state index in [1.165, 1.54) is 5.56 Å². The summed E-state index contributed by atoms with van der Waals surface area (Å²) in [5, 5.41) is 9.73. The smallest absolute Gasteiger partial charge is 0.196 e. The van der Waals surface area contributed by atoms with Crippen molar-refractivity contribution < 1.29 is 0 Å². The molecule has 1 heterocycles. The number of thioether (sulfide) groups is 1. The van der Waals surface area contributed by atoms with Crippen LogP contribution in [0.4, 0.5) is 0 Å². The van der Waals surface area contributed by atoms with Gasteiger partial charge >= 0.3 is 0 Å². The van der Waals surface area contributed by atoms with Crippen molar-refractivity contribution in [2.24, 2.45) is 0 Å². The summed E-state index contributed by atoms with van der Waals surface area (Å²) < 4.78 is 2.14. The number of benzene rings is 2. The second-order valence-corrected chi connectivity index (χ2v) is 6.42. The maximum absolute atomic E-state index is 4.43. The van der Waals surface area contributed by atoms with Crippen molar-refractivity contribution in [3.05, 3.63) is 84.2 Å². The summed E-state index contributed by atoms with van der Waals surface area (Å²) in [6.45, 7) is 6.00. The fourth-order valence-corrected chi connectivity index (χ4v) is 3.12. The van der Waals surface area contributed by atoms with Gasteiger partial charge in [0.15, 0.2) is 5.16 Å². The Morgan fingerprint density at radius 1 is 1.00 bits per heavy atom. The second kappa shape index (κ2) is 7.29. The van der Waals surface area contributed by atoms with Gasteiger partial charge in [0.25, 0.3) is 0 Å². The van der Waals surface area contributed by atoms with Gasteiger partial charge in [-0.3, -0.25) is 4.57 Å². The first-order valence-corrected chi connectivity index (χ1v) is 8.53. The van der Waals surface area contributed by atoms with Crippen molar-refractivity contribution in [1.82, 2.24) is 14.8 Å². The van der Waals surface area contributed by atoms with Gasteiger partial charge in [-0.25, -0.2) is 0 Å². The zero-order valence-electron chi connectivity index (χ0n) is 13.1.